The number of ketones is 2. The number of hydrogen-bond acceptors (Lipinski definition) is 4. The second-order valence-corrected chi connectivity index (χ2v) is 8.97. The molecule has 1 fully saturated rings. The minimum Gasteiger partial charge on any atom is -0.457 e. The molecule has 0 radical (unpaired) electrons. The molecule has 28 heavy (non-hydrogen) atoms. The lowest BCUT2D eigenvalue weighted by Crippen LogP contribution is -2.58. The molecule has 0 N–H and O–H groups in total. The number of halogens is 1. The summed E-state index contributed by atoms with van der Waals surface area (Å²) < 4.78 is 12.7. The lowest BCUT2D eigenvalue weighted by molar-refractivity contribution is -0.184. The van der Waals surface area contributed by atoms with Gasteiger partial charge in [0.05, 0.1) is 0 Å². The minimum absolute atomic E-state index is 0.217. The van der Waals surface area contributed by atoms with Crippen molar-refractivity contribution in [2.75, 3.05) is 0 Å². The Balaban J connectivity index is 2.06. The summed E-state index contributed by atoms with van der Waals surface area (Å²) >= 11 is 3.43. The van der Waals surface area contributed by atoms with E-state index in [1.165, 1.54) is 0 Å². The van der Waals surface area contributed by atoms with Crippen LogP contribution >= 0.6 is 15.9 Å². The van der Waals surface area contributed by atoms with Crippen molar-refractivity contribution >= 4 is 27.5 Å². The second-order valence-electron chi connectivity index (χ2n) is 8.06. The highest BCUT2D eigenvalue weighted by Crippen LogP contribution is 2.41. The molecule has 1 heterocycles. The lowest BCUT2D eigenvalue weighted by Gasteiger charge is -2.43. The van der Waals surface area contributed by atoms with Crippen LogP contribution in [0.2, 0.25) is 0 Å². The highest BCUT2D eigenvalue weighted by molar-refractivity contribution is 9.10. The third-order valence-electron chi connectivity index (χ3n) is 5.06. The van der Waals surface area contributed by atoms with Gasteiger partial charge in [0.25, 0.3) is 0 Å². The van der Waals surface area contributed by atoms with E-state index in [-0.39, 0.29) is 11.6 Å². The summed E-state index contributed by atoms with van der Waals surface area (Å²) in [4.78, 5) is 26.3. The van der Waals surface area contributed by atoms with Gasteiger partial charge in [0, 0.05) is 4.47 Å². The fraction of sp³-hybridized carbons (Fsp3) is 0.391. The first-order chi connectivity index (χ1) is 13.0. The van der Waals surface area contributed by atoms with Crippen LogP contribution in [0.3, 0.4) is 0 Å². The maximum absolute atomic E-state index is 13.1. The molecule has 0 bridgehead atoms. The monoisotopic (exact) mass is 444 g/mol. The van der Waals surface area contributed by atoms with Crippen LogP contribution in [0.5, 0.6) is 11.5 Å². The van der Waals surface area contributed by atoms with Crippen molar-refractivity contribution in [3.63, 3.8) is 0 Å². The summed E-state index contributed by atoms with van der Waals surface area (Å²) in [5.74, 6) is -0.0279. The zero-order chi connectivity index (χ0) is 20.7. The summed E-state index contributed by atoms with van der Waals surface area (Å²) in [5.41, 5.74) is -0.404. The van der Waals surface area contributed by atoms with Crippen LogP contribution in [-0.2, 0) is 20.7 Å². The molecule has 3 rings (SSSR count). The third-order valence-corrected chi connectivity index (χ3v) is 5.56. The molecule has 2 aromatic rings. The highest BCUT2D eigenvalue weighted by atomic mass is 79.9. The Hall–Kier alpha value is -1.98. The van der Waals surface area contributed by atoms with Crippen molar-refractivity contribution < 1.29 is 19.1 Å². The summed E-state index contributed by atoms with van der Waals surface area (Å²) in [6.07, 6.45) is 0.714. The number of ether oxygens (including phenoxy) is 2. The molecule has 0 aliphatic carbocycles. The van der Waals surface area contributed by atoms with E-state index in [2.05, 4.69) is 15.9 Å². The zero-order valence-electron chi connectivity index (χ0n) is 16.8. The molecule has 0 amide bonds. The van der Waals surface area contributed by atoms with E-state index in [1.807, 2.05) is 49.4 Å². The molecule has 0 unspecified atom stereocenters. The van der Waals surface area contributed by atoms with E-state index in [0.717, 1.165) is 10.0 Å². The van der Waals surface area contributed by atoms with Crippen LogP contribution < -0.4 is 4.74 Å². The summed E-state index contributed by atoms with van der Waals surface area (Å²) in [6, 6.07) is 13.1. The van der Waals surface area contributed by atoms with E-state index in [0.29, 0.717) is 23.5 Å². The van der Waals surface area contributed by atoms with Gasteiger partial charge in [-0.25, -0.2) is 0 Å². The fourth-order valence-corrected chi connectivity index (χ4v) is 4.11. The molecule has 2 aromatic carbocycles. The van der Waals surface area contributed by atoms with Crippen molar-refractivity contribution in [1.82, 2.24) is 0 Å². The summed E-state index contributed by atoms with van der Waals surface area (Å²) in [7, 11) is 0. The standard InChI is InChI=1S/C23H25BrO4/c1-6-14-10-11-17(27-16-9-7-8-15(24)12-16)13-18(14)19-20(25)22(2,3)28-23(4,5)21(19)26/h7-13,19H,6H2,1-5H3. The van der Waals surface area contributed by atoms with E-state index < -0.39 is 17.1 Å². The van der Waals surface area contributed by atoms with Crippen LogP contribution in [0.1, 0.15) is 51.7 Å². The summed E-state index contributed by atoms with van der Waals surface area (Å²) in [6.45, 7) is 8.92. The van der Waals surface area contributed by atoms with Crippen molar-refractivity contribution in [2.45, 2.75) is 58.2 Å². The first-order valence-electron chi connectivity index (χ1n) is 9.40. The number of rotatable bonds is 4. The van der Waals surface area contributed by atoms with Gasteiger partial charge in [0.2, 0.25) is 0 Å². The van der Waals surface area contributed by atoms with Crippen LogP contribution in [0, 0.1) is 0 Å². The van der Waals surface area contributed by atoms with E-state index >= 15 is 0 Å². The molecule has 4 nitrogen and oxygen atoms in total. The number of hydrogen-bond donors (Lipinski definition) is 0. The Morgan fingerprint density at radius 3 is 2.14 bits per heavy atom. The molecule has 1 aliphatic heterocycles. The van der Waals surface area contributed by atoms with E-state index in [1.54, 1.807) is 27.7 Å². The number of Topliss-reactive ketones (excluding diaryl/α,β-unsaturated/α-hetero) is 2. The predicted molar refractivity (Wildman–Crippen MR) is 112 cm³/mol. The Labute approximate surface area is 174 Å². The first-order valence-corrected chi connectivity index (χ1v) is 10.2. The van der Waals surface area contributed by atoms with Crippen molar-refractivity contribution in [3.8, 4) is 11.5 Å². The second kappa shape index (κ2) is 7.45. The smallest absolute Gasteiger partial charge is 0.179 e. The van der Waals surface area contributed by atoms with Gasteiger partial charge < -0.3 is 9.47 Å². The Morgan fingerprint density at radius 2 is 1.57 bits per heavy atom. The van der Waals surface area contributed by atoms with Gasteiger partial charge >= 0.3 is 0 Å². The molecular weight excluding hydrogens is 420 g/mol. The van der Waals surface area contributed by atoms with Crippen molar-refractivity contribution in [1.29, 1.82) is 0 Å². The maximum atomic E-state index is 13.1. The molecule has 0 atom stereocenters. The van der Waals surface area contributed by atoms with Gasteiger partial charge in [0.15, 0.2) is 11.6 Å². The van der Waals surface area contributed by atoms with E-state index in [9.17, 15) is 9.59 Å². The normalized spacial score (nSPS) is 18.9. The van der Waals surface area contributed by atoms with Crippen molar-refractivity contribution in [3.05, 3.63) is 58.1 Å². The van der Waals surface area contributed by atoms with Crippen LogP contribution in [0.15, 0.2) is 46.9 Å². The maximum Gasteiger partial charge on any atom is 0.179 e. The largest absolute Gasteiger partial charge is 0.457 e. The van der Waals surface area contributed by atoms with E-state index in [4.69, 9.17) is 9.47 Å². The molecule has 1 aliphatic rings. The molecule has 0 spiro atoms. The van der Waals surface area contributed by atoms with Gasteiger partial charge in [-0.2, -0.15) is 0 Å². The van der Waals surface area contributed by atoms with Gasteiger partial charge in [-0.3, -0.25) is 9.59 Å². The van der Waals surface area contributed by atoms with Gasteiger partial charge in [-0.15, -0.1) is 0 Å². The predicted octanol–water partition coefficient (Wildman–Crippen LogP) is 5.61. The molecule has 5 heteroatoms. The number of carbonyl (C=O) groups excluding carboxylic acids is 2. The molecule has 0 aromatic heterocycles. The SMILES string of the molecule is CCc1ccc(Oc2cccc(Br)c2)cc1C1C(=O)C(C)(C)OC(C)(C)C1=O. The van der Waals surface area contributed by atoms with Gasteiger partial charge in [0.1, 0.15) is 28.6 Å². The Kier molecular flexibility index (Phi) is 5.52. The molecular formula is C23H25BrO4. The van der Waals surface area contributed by atoms with Crippen LogP contribution in [0.4, 0.5) is 0 Å². The number of aryl methyl sites for hydroxylation is 1. The highest BCUT2D eigenvalue weighted by Gasteiger charge is 2.53. The summed E-state index contributed by atoms with van der Waals surface area (Å²) in [5, 5.41) is 0. The average molecular weight is 445 g/mol. The first kappa shape index (κ1) is 20.7. The van der Waals surface area contributed by atoms with Crippen LogP contribution in [-0.4, -0.2) is 22.8 Å². The topological polar surface area (TPSA) is 52.6 Å². The Bertz CT molecular complexity index is 904. The van der Waals surface area contributed by atoms with Gasteiger partial charge in [-0.1, -0.05) is 35.0 Å². The van der Waals surface area contributed by atoms with Crippen LogP contribution in [0.25, 0.3) is 0 Å². The molecule has 0 saturated carbocycles. The minimum atomic E-state index is -1.03. The quantitative estimate of drug-likeness (QED) is 0.574. The fourth-order valence-electron chi connectivity index (χ4n) is 3.73. The van der Waals surface area contributed by atoms with Gasteiger partial charge in [-0.05, 0) is 75.6 Å². The number of benzene rings is 2. The Morgan fingerprint density at radius 1 is 0.964 bits per heavy atom. The average Bonchev–Trinajstić information content (AvgIpc) is 2.60. The molecule has 148 valence electrons. The number of carbonyl (C=O) groups is 2. The third kappa shape index (κ3) is 3.91. The zero-order valence-corrected chi connectivity index (χ0v) is 18.4. The van der Waals surface area contributed by atoms with Crippen molar-refractivity contribution in [2.24, 2.45) is 0 Å². The molecule has 1 saturated heterocycles. The lowest BCUT2D eigenvalue weighted by atomic mass is 9.73.